The summed E-state index contributed by atoms with van der Waals surface area (Å²) in [5, 5.41) is 0. The van der Waals surface area contributed by atoms with Crippen LogP contribution in [0.1, 0.15) is 11.1 Å². The topological polar surface area (TPSA) is 38.3 Å². The van der Waals surface area contributed by atoms with Gasteiger partial charge >= 0.3 is 12.1 Å². The van der Waals surface area contributed by atoms with Crippen molar-refractivity contribution in [1.82, 2.24) is 5.48 Å². The molecule has 0 spiro atoms. The normalized spacial score (nSPS) is 11.3. The Balaban J connectivity index is 2.09. The van der Waals surface area contributed by atoms with Gasteiger partial charge in [-0.25, -0.2) is 5.48 Å². The quantitative estimate of drug-likeness (QED) is 0.873. The minimum atomic E-state index is -4.96. The maximum Gasteiger partial charge on any atom is 0.473 e. The lowest BCUT2D eigenvalue weighted by Gasteiger charge is -2.12. The molecule has 3 nitrogen and oxygen atoms in total. The third-order valence-corrected chi connectivity index (χ3v) is 3.18. The van der Waals surface area contributed by atoms with Crippen LogP contribution < -0.4 is 5.48 Å². The molecular weight excluding hydrogens is 295 g/mol. The molecule has 0 heterocycles. The average molecular weight is 309 g/mol. The van der Waals surface area contributed by atoms with E-state index in [0.29, 0.717) is 5.56 Å². The summed E-state index contributed by atoms with van der Waals surface area (Å²) in [4.78, 5) is 15.3. The summed E-state index contributed by atoms with van der Waals surface area (Å²) in [6.45, 7) is 1.71. The Morgan fingerprint density at radius 1 is 1.09 bits per heavy atom. The van der Waals surface area contributed by atoms with Crippen molar-refractivity contribution in [2.75, 3.05) is 0 Å². The Bertz CT molecular complexity index is 654. The molecule has 0 aromatic heterocycles. The molecule has 0 aliphatic rings. The highest BCUT2D eigenvalue weighted by atomic mass is 19.4. The number of alkyl halides is 3. The summed E-state index contributed by atoms with van der Waals surface area (Å²) in [5.74, 6) is -2.12. The molecule has 0 atom stereocenters. The Morgan fingerprint density at radius 2 is 1.77 bits per heavy atom. The van der Waals surface area contributed by atoms with Crippen LogP contribution in [0.2, 0.25) is 0 Å². The molecule has 0 aliphatic heterocycles. The van der Waals surface area contributed by atoms with E-state index in [1.54, 1.807) is 12.1 Å². The Kier molecular flexibility index (Phi) is 4.82. The first-order chi connectivity index (χ1) is 10.4. The lowest BCUT2D eigenvalue weighted by atomic mass is 9.97. The fourth-order valence-electron chi connectivity index (χ4n) is 2.01. The third kappa shape index (κ3) is 3.85. The van der Waals surface area contributed by atoms with E-state index in [0.717, 1.165) is 16.7 Å². The predicted molar refractivity (Wildman–Crippen MR) is 75.6 cm³/mol. The van der Waals surface area contributed by atoms with Gasteiger partial charge in [-0.2, -0.15) is 13.2 Å². The van der Waals surface area contributed by atoms with Gasteiger partial charge in [0.05, 0.1) is 0 Å². The summed E-state index contributed by atoms with van der Waals surface area (Å²) in [6.07, 6.45) is -4.96. The Hall–Kier alpha value is -2.34. The maximum atomic E-state index is 12.0. The maximum absolute atomic E-state index is 12.0. The van der Waals surface area contributed by atoms with E-state index in [9.17, 15) is 18.0 Å². The second-order valence-corrected chi connectivity index (χ2v) is 4.67. The van der Waals surface area contributed by atoms with Crippen LogP contribution in [0, 0.1) is 6.92 Å². The summed E-state index contributed by atoms with van der Waals surface area (Å²) >= 11 is 0. The second-order valence-electron chi connectivity index (χ2n) is 4.67. The van der Waals surface area contributed by atoms with Gasteiger partial charge in [0, 0.05) is 0 Å². The molecule has 6 heteroatoms. The molecule has 2 rings (SSSR count). The first kappa shape index (κ1) is 16.0. The largest absolute Gasteiger partial charge is 0.473 e. The molecule has 1 amide bonds. The van der Waals surface area contributed by atoms with Crippen molar-refractivity contribution in [2.24, 2.45) is 0 Å². The molecule has 2 aromatic carbocycles. The Morgan fingerprint density at radius 3 is 2.41 bits per heavy atom. The van der Waals surface area contributed by atoms with Gasteiger partial charge < -0.3 is 0 Å². The van der Waals surface area contributed by atoms with Gasteiger partial charge in [-0.15, -0.1) is 0 Å². The Labute approximate surface area is 125 Å². The minimum Gasteiger partial charge on any atom is -0.269 e. The van der Waals surface area contributed by atoms with Crippen molar-refractivity contribution in [2.45, 2.75) is 19.7 Å². The van der Waals surface area contributed by atoms with E-state index in [2.05, 4.69) is 4.84 Å². The van der Waals surface area contributed by atoms with Crippen LogP contribution in [-0.2, 0) is 16.2 Å². The molecule has 0 radical (unpaired) electrons. The second kappa shape index (κ2) is 6.62. The molecule has 0 bridgehead atoms. The smallest absolute Gasteiger partial charge is 0.269 e. The molecule has 0 saturated carbocycles. The molecule has 2 aromatic rings. The van der Waals surface area contributed by atoms with E-state index in [1.807, 2.05) is 43.3 Å². The zero-order valence-electron chi connectivity index (χ0n) is 11.8. The van der Waals surface area contributed by atoms with Crippen molar-refractivity contribution < 1.29 is 22.8 Å². The van der Waals surface area contributed by atoms with E-state index < -0.39 is 12.1 Å². The molecule has 0 fully saturated rings. The van der Waals surface area contributed by atoms with Crippen LogP contribution in [0.15, 0.2) is 48.5 Å². The van der Waals surface area contributed by atoms with Crippen molar-refractivity contribution >= 4 is 5.91 Å². The van der Waals surface area contributed by atoms with Crippen LogP contribution in [0.3, 0.4) is 0 Å². The molecule has 22 heavy (non-hydrogen) atoms. The van der Waals surface area contributed by atoms with Crippen molar-refractivity contribution in [3.8, 4) is 11.1 Å². The zero-order chi connectivity index (χ0) is 16.2. The van der Waals surface area contributed by atoms with E-state index >= 15 is 0 Å². The standard InChI is InChI=1S/C16H14F3NO2/c1-11-13(10-22-20-15(21)16(17,18)19)8-5-9-14(11)12-6-3-2-4-7-12/h2-9H,10H2,1H3,(H,20,21). The molecule has 0 aliphatic carbocycles. The van der Waals surface area contributed by atoms with Crippen molar-refractivity contribution in [3.05, 3.63) is 59.7 Å². The van der Waals surface area contributed by atoms with Crippen LogP contribution in [0.5, 0.6) is 0 Å². The van der Waals surface area contributed by atoms with Gasteiger partial charge in [-0.05, 0) is 29.2 Å². The molecule has 116 valence electrons. The van der Waals surface area contributed by atoms with Crippen LogP contribution >= 0.6 is 0 Å². The third-order valence-electron chi connectivity index (χ3n) is 3.18. The number of nitrogens with one attached hydrogen (secondary N) is 1. The zero-order valence-corrected chi connectivity index (χ0v) is 11.8. The molecular formula is C16H14F3NO2. The van der Waals surface area contributed by atoms with E-state index in [4.69, 9.17) is 0 Å². The highest BCUT2D eigenvalue weighted by Gasteiger charge is 2.39. The summed E-state index contributed by atoms with van der Waals surface area (Å²) in [7, 11) is 0. The first-order valence-electron chi connectivity index (χ1n) is 6.52. The van der Waals surface area contributed by atoms with Gasteiger partial charge in [0.2, 0.25) is 0 Å². The average Bonchev–Trinajstić information content (AvgIpc) is 2.49. The SMILES string of the molecule is Cc1c(CONC(=O)C(F)(F)F)cccc1-c1ccccc1. The van der Waals surface area contributed by atoms with Gasteiger partial charge in [0.25, 0.3) is 0 Å². The molecule has 1 N–H and O–H groups in total. The van der Waals surface area contributed by atoms with Crippen LogP contribution in [0.25, 0.3) is 11.1 Å². The number of amides is 1. The summed E-state index contributed by atoms with van der Waals surface area (Å²) < 4.78 is 36.1. The van der Waals surface area contributed by atoms with Crippen molar-refractivity contribution in [1.29, 1.82) is 0 Å². The number of carbonyl (C=O) groups excluding carboxylic acids is 1. The van der Waals surface area contributed by atoms with Crippen molar-refractivity contribution in [3.63, 3.8) is 0 Å². The lowest BCUT2D eigenvalue weighted by molar-refractivity contribution is -0.186. The van der Waals surface area contributed by atoms with Crippen LogP contribution in [-0.4, -0.2) is 12.1 Å². The monoisotopic (exact) mass is 309 g/mol. The number of rotatable bonds is 4. The number of benzene rings is 2. The summed E-state index contributed by atoms with van der Waals surface area (Å²) in [6, 6.07) is 15.0. The number of hydrogen-bond donors (Lipinski definition) is 1. The van der Waals surface area contributed by atoms with Gasteiger partial charge in [0.15, 0.2) is 0 Å². The van der Waals surface area contributed by atoms with Gasteiger partial charge in [-0.3, -0.25) is 9.63 Å². The highest BCUT2D eigenvalue weighted by Crippen LogP contribution is 2.25. The predicted octanol–water partition coefficient (Wildman–Crippen LogP) is 3.77. The number of hydrogen-bond acceptors (Lipinski definition) is 2. The minimum absolute atomic E-state index is 0.145. The van der Waals surface area contributed by atoms with Gasteiger partial charge in [-0.1, -0.05) is 48.5 Å². The fourth-order valence-corrected chi connectivity index (χ4v) is 2.01. The molecule has 0 saturated heterocycles. The van der Waals surface area contributed by atoms with Gasteiger partial charge in [0.1, 0.15) is 6.61 Å². The van der Waals surface area contributed by atoms with Crippen LogP contribution in [0.4, 0.5) is 13.2 Å². The summed E-state index contributed by atoms with van der Waals surface area (Å²) in [5.41, 5.74) is 4.94. The van der Waals surface area contributed by atoms with E-state index in [-0.39, 0.29) is 6.61 Å². The molecule has 0 unspecified atom stereocenters. The van der Waals surface area contributed by atoms with E-state index in [1.165, 1.54) is 5.48 Å². The lowest BCUT2D eigenvalue weighted by Crippen LogP contribution is -2.36. The fraction of sp³-hybridized carbons (Fsp3) is 0.188. The number of hydroxylamine groups is 1. The number of halogens is 3. The number of carbonyl (C=O) groups is 1. The highest BCUT2D eigenvalue weighted by molar-refractivity contribution is 5.80. The first-order valence-corrected chi connectivity index (χ1v) is 6.52.